The van der Waals surface area contributed by atoms with Gasteiger partial charge in [0.2, 0.25) is 6.41 Å². The van der Waals surface area contributed by atoms with E-state index in [2.05, 4.69) is 10.3 Å². The Balaban J connectivity index is 1.71. The maximum Gasteiger partial charge on any atom is 0.272 e. The van der Waals surface area contributed by atoms with Gasteiger partial charge in [-0.15, -0.1) is 0 Å². The van der Waals surface area contributed by atoms with Crippen molar-refractivity contribution in [3.8, 4) is 0 Å². The van der Waals surface area contributed by atoms with E-state index < -0.39 is 11.6 Å². The summed E-state index contributed by atoms with van der Waals surface area (Å²) in [6.45, 7) is 1.87. The number of nitrogens with zero attached hydrogens (tertiary/aromatic N) is 3. The molecule has 0 aliphatic carbocycles. The number of aromatic nitrogens is 1. The smallest absolute Gasteiger partial charge is 0.272 e. The van der Waals surface area contributed by atoms with Gasteiger partial charge in [0.25, 0.3) is 5.91 Å². The molecule has 0 unspecified atom stereocenters. The fourth-order valence-corrected chi connectivity index (χ4v) is 2.56. The Morgan fingerprint density at radius 2 is 1.76 bits per heavy atom. The molecule has 25 heavy (non-hydrogen) atoms. The lowest BCUT2D eigenvalue weighted by Gasteiger charge is -2.32. The van der Waals surface area contributed by atoms with Crippen molar-refractivity contribution >= 4 is 23.7 Å². The van der Waals surface area contributed by atoms with Gasteiger partial charge in [-0.2, -0.15) is 0 Å². The van der Waals surface area contributed by atoms with Gasteiger partial charge in [-0.25, -0.2) is 8.78 Å². The lowest BCUT2D eigenvalue weighted by Crippen LogP contribution is -2.48. The molecule has 1 N–H and O–H groups in total. The number of carbonyl (C=O) groups is 2. The lowest BCUT2D eigenvalue weighted by atomic mass is 10.2. The van der Waals surface area contributed by atoms with Crippen LogP contribution in [0.4, 0.5) is 20.2 Å². The van der Waals surface area contributed by atoms with Crippen LogP contribution in [-0.2, 0) is 4.79 Å². The number of nitrogens with one attached hydrogen (secondary N) is 1. The van der Waals surface area contributed by atoms with E-state index in [4.69, 9.17) is 0 Å². The Bertz CT molecular complexity index is 792. The van der Waals surface area contributed by atoms with Crippen LogP contribution in [-0.4, -0.2) is 53.3 Å². The zero-order valence-corrected chi connectivity index (χ0v) is 13.3. The summed E-state index contributed by atoms with van der Waals surface area (Å²) >= 11 is 0. The summed E-state index contributed by atoms with van der Waals surface area (Å²) in [7, 11) is 0. The zero-order valence-electron chi connectivity index (χ0n) is 13.3. The molecule has 2 aromatic rings. The number of rotatable bonds is 4. The molecule has 0 saturated carbocycles. The first-order valence-corrected chi connectivity index (χ1v) is 7.73. The molecule has 0 atom stereocenters. The van der Waals surface area contributed by atoms with Crippen LogP contribution in [0.15, 0.2) is 36.5 Å². The normalized spacial score (nSPS) is 14.3. The quantitative estimate of drug-likeness (QED) is 0.860. The maximum absolute atomic E-state index is 13.3. The molecule has 8 heteroatoms. The lowest BCUT2D eigenvalue weighted by molar-refractivity contribution is -0.119. The van der Waals surface area contributed by atoms with Crippen LogP contribution in [0.25, 0.3) is 0 Å². The van der Waals surface area contributed by atoms with Crippen molar-refractivity contribution in [2.45, 2.75) is 0 Å². The fourth-order valence-electron chi connectivity index (χ4n) is 2.56. The molecule has 1 aliphatic heterocycles. The van der Waals surface area contributed by atoms with Crippen molar-refractivity contribution in [3.63, 3.8) is 0 Å². The Hall–Kier alpha value is -3.03. The van der Waals surface area contributed by atoms with Crippen molar-refractivity contribution in [1.29, 1.82) is 0 Å². The Labute approximate surface area is 143 Å². The summed E-state index contributed by atoms with van der Waals surface area (Å²) in [6.07, 6.45) is 2.24. The summed E-state index contributed by atoms with van der Waals surface area (Å²) < 4.78 is 26.3. The number of piperazine rings is 1. The molecule has 1 aromatic carbocycles. The SMILES string of the molecule is O=CN1CCN(C(=O)c2cc(Nc3ccc(F)c(F)c3)ccn2)CC1. The Kier molecular flexibility index (Phi) is 4.87. The van der Waals surface area contributed by atoms with Crippen molar-refractivity contribution in [2.75, 3.05) is 31.5 Å². The standard InChI is InChI=1S/C17H16F2N4O2/c18-14-2-1-12(9-15(14)19)21-13-3-4-20-16(10-13)17(25)23-7-5-22(11-24)6-8-23/h1-4,9-11H,5-8H2,(H,20,21). The van der Waals surface area contributed by atoms with Gasteiger partial charge in [0.15, 0.2) is 11.6 Å². The number of carbonyl (C=O) groups excluding carboxylic acids is 2. The highest BCUT2D eigenvalue weighted by Crippen LogP contribution is 2.19. The van der Waals surface area contributed by atoms with Crippen molar-refractivity contribution in [2.24, 2.45) is 0 Å². The minimum atomic E-state index is -0.955. The summed E-state index contributed by atoms with van der Waals surface area (Å²) in [6, 6.07) is 6.64. The van der Waals surface area contributed by atoms with Gasteiger partial charge in [0.05, 0.1) is 0 Å². The molecule has 6 nitrogen and oxygen atoms in total. The minimum Gasteiger partial charge on any atom is -0.355 e. The van der Waals surface area contributed by atoms with Gasteiger partial charge in [-0.3, -0.25) is 14.6 Å². The predicted molar refractivity (Wildman–Crippen MR) is 87.4 cm³/mol. The van der Waals surface area contributed by atoms with Crippen LogP contribution in [0.5, 0.6) is 0 Å². The van der Waals surface area contributed by atoms with Crippen LogP contribution >= 0.6 is 0 Å². The van der Waals surface area contributed by atoms with Gasteiger partial charge in [-0.1, -0.05) is 0 Å². The number of hydrogen-bond donors (Lipinski definition) is 1. The van der Waals surface area contributed by atoms with Crippen LogP contribution in [0.3, 0.4) is 0 Å². The van der Waals surface area contributed by atoms with E-state index in [-0.39, 0.29) is 11.6 Å². The fraction of sp³-hybridized carbons (Fsp3) is 0.235. The van der Waals surface area contributed by atoms with Crippen LogP contribution in [0.1, 0.15) is 10.5 Å². The molecule has 1 fully saturated rings. The Morgan fingerprint density at radius 1 is 1.04 bits per heavy atom. The maximum atomic E-state index is 13.3. The number of hydrogen-bond acceptors (Lipinski definition) is 4. The molecule has 2 heterocycles. The molecule has 1 aromatic heterocycles. The molecule has 1 aliphatic rings. The van der Waals surface area contributed by atoms with Crippen molar-refractivity contribution in [3.05, 3.63) is 53.9 Å². The van der Waals surface area contributed by atoms with E-state index in [1.807, 2.05) is 0 Å². The highest BCUT2D eigenvalue weighted by Gasteiger charge is 2.22. The molecule has 1 saturated heterocycles. The van der Waals surface area contributed by atoms with Crippen molar-refractivity contribution < 1.29 is 18.4 Å². The first-order valence-electron chi connectivity index (χ1n) is 7.73. The molecule has 0 bridgehead atoms. The van der Waals surface area contributed by atoms with E-state index in [0.29, 0.717) is 37.6 Å². The zero-order chi connectivity index (χ0) is 17.8. The van der Waals surface area contributed by atoms with Gasteiger partial charge in [0.1, 0.15) is 5.69 Å². The molecule has 130 valence electrons. The molecule has 0 spiro atoms. The summed E-state index contributed by atoms with van der Waals surface area (Å²) in [4.78, 5) is 30.6. The minimum absolute atomic E-state index is 0.237. The second-order valence-electron chi connectivity index (χ2n) is 5.62. The highest BCUT2D eigenvalue weighted by molar-refractivity contribution is 5.93. The van der Waals surface area contributed by atoms with Gasteiger partial charge in [-0.05, 0) is 24.3 Å². The monoisotopic (exact) mass is 346 g/mol. The summed E-state index contributed by atoms with van der Waals surface area (Å²) in [5.41, 5.74) is 1.14. The third-order valence-corrected chi connectivity index (χ3v) is 3.94. The Morgan fingerprint density at radius 3 is 2.44 bits per heavy atom. The third-order valence-electron chi connectivity index (χ3n) is 3.94. The number of halogens is 2. The average Bonchev–Trinajstić information content (AvgIpc) is 2.64. The molecular weight excluding hydrogens is 330 g/mol. The molecule has 3 rings (SSSR count). The number of amides is 2. The van der Waals surface area contributed by atoms with Crippen LogP contribution < -0.4 is 5.32 Å². The van der Waals surface area contributed by atoms with Crippen molar-refractivity contribution in [1.82, 2.24) is 14.8 Å². The number of pyridine rings is 1. The second kappa shape index (κ2) is 7.25. The van der Waals surface area contributed by atoms with E-state index in [1.54, 1.807) is 21.9 Å². The summed E-state index contributed by atoms with van der Waals surface area (Å²) in [5, 5.41) is 2.91. The number of anilines is 2. The van der Waals surface area contributed by atoms with Crippen LogP contribution in [0.2, 0.25) is 0 Å². The van der Waals surface area contributed by atoms with Crippen LogP contribution in [0, 0.1) is 11.6 Å². The molecular formula is C17H16F2N4O2. The number of benzene rings is 1. The largest absolute Gasteiger partial charge is 0.355 e. The first-order chi connectivity index (χ1) is 12.1. The van der Waals surface area contributed by atoms with Gasteiger partial charge in [0, 0.05) is 49.8 Å². The van der Waals surface area contributed by atoms with E-state index >= 15 is 0 Å². The molecule has 0 radical (unpaired) electrons. The van der Waals surface area contributed by atoms with E-state index in [1.165, 1.54) is 12.3 Å². The van der Waals surface area contributed by atoms with E-state index in [0.717, 1.165) is 18.5 Å². The highest BCUT2D eigenvalue weighted by atomic mass is 19.2. The molecule has 2 amide bonds. The van der Waals surface area contributed by atoms with E-state index in [9.17, 15) is 18.4 Å². The van der Waals surface area contributed by atoms with Gasteiger partial charge >= 0.3 is 0 Å². The summed E-state index contributed by atoms with van der Waals surface area (Å²) in [5.74, 6) is -2.12. The topological polar surface area (TPSA) is 65.5 Å². The predicted octanol–water partition coefficient (Wildman–Crippen LogP) is 2.02. The first kappa shape index (κ1) is 16.8. The third kappa shape index (κ3) is 3.90. The average molecular weight is 346 g/mol. The van der Waals surface area contributed by atoms with Gasteiger partial charge < -0.3 is 15.1 Å². The second-order valence-corrected chi connectivity index (χ2v) is 5.62.